The molecule has 1 N–H and O–H groups in total. The number of halogens is 1. The molecule has 0 aliphatic rings. The van der Waals surface area contributed by atoms with Gasteiger partial charge in [-0.15, -0.1) is 0 Å². The first-order valence-corrected chi connectivity index (χ1v) is 4.42. The second kappa shape index (κ2) is 5.80. The molecule has 0 bridgehead atoms. The minimum atomic E-state index is -1.01. The summed E-state index contributed by atoms with van der Waals surface area (Å²) < 4.78 is 16.9. The van der Waals surface area contributed by atoms with Gasteiger partial charge in [-0.25, -0.2) is 9.18 Å². The van der Waals surface area contributed by atoms with E-state index in [9.17, 15) is 9.18 Å². The average Bonchev–Trinajstić information content (AvgIpc) is 2.24. The number of aliphatic carboxylic acids is 1. The van der Waals surface area contributed by atoms with Crippen LogP contribution in [-0.2, 0) is 4.79 Å². The van der Waals surface area contributed by atoms with E-state index in [1.165, 1.54) is 6.08 Å². The minimum Gasteiger partial charge on any atom is -0.491 e. The molecule has 0 fully saturated rings. The van der Waals surface area contributed by atoms with Crippen molar-refractivity contribution < 1.29 is 19.0 Å². The Bertz CT molecular complexity index is 361. The average molecular weight is 210 g/mol. The standard InChI is InChI=1S/C11H11FO3/c12-6-7-15-10-3-1-2-9(8-10)4-5-11(13)14/h1-5,8H,6-7H2,(H,13,14)/b5-4+. The third kappa shape index (κ3) is 4.26. The maximum atomic E-state index is 11.8. The normalized spacial score (nSPS) is 10.5. The van der Waals surface area contributed by atoms with Gasteiger partial charge in [-0.05, 0) is 23.8 Å². The molecule has 4 heteroatoms. The third-order valence-corrected chi connectivity index (χ3v) is 1.62. The van der Waals surface area contributed by atoms with Crippen LogP contribution in [0.3, 0.4) is 0 Å². The van der Waals surface area contributed by atoms with Gasteiger partial charge in [0.1, 0.15) is 19.0 Å². The molecular weight excluding hydrogens is 199 g/mol. The monoisotopic (exact) mass is 210 g/mol. The Kier molecular flexibility index (Phi) is 4.34. The minimum absolute atomic E-state index is 0.00605. The molecule has 1 aromatic rings. The molecule has 1 rings (SSSR count). The van der Waals surface area contributed by atoms with Gasteiger partial charge in [0.05, 0.1) is 0 Å². The van der Waals surface area contributed by atoms with Gasteiger partial charge in [-0.2, -0.15) is 0 Å². The summed E-state index contributed by atoms with van der Waals surface area (Å²) in [6.07, 6.45) is 2.49. The van der Waals surface area contributed by atoms with Crippen LogP contribution in [-0.4, -0.2) is 24.4 Å². The summed E-state index contributed by atoms with van der Waals surface area (Å²) >= 11 is 0. The molecule has 80 valence electrons. The largest absolute Gasteiger partial charge is 0.491 e. The predicted octanol–water partition coefficient (Wildman–Crippen LogP) is 2.13. The highest BCUT2D eigenvalue weighted by Crippen LogP contribution is 2.14. The number of carboxylic acid groups (broad SMARTS) is 1. The number of carbonyl (C=O) groups is 1. The molecular formula is C11H11FO3. The molecule has 0 saturated carbocycles. The van der Waals surface area contributed by atoms with Crippen molar-refractivity contribution in [3.8, 4) is 5.75 Å². The molecule has 0 saturated heterocycles. The lowest BCUT2D eigenvalue weighted by Crippen LogP contribution is -1.98. The second-order valence-corrected chi connectivity index (χ2v) is 2.78. The van der Waals surface area contributed by atoms with Crippen LogP contribution in [0.5, 0.6) is 5.75 Å². The lowest BCUT2D eigenvalue weighted by Gasteiger charge is -2.03. The maximum absolute atomic E-state index is 11.8. The van der Waals surface area contributed by atoms with E-state index in [4.69, 9.17) is 9.84 Å². The summed E-state index contributed by atoms with van der Waals surface area (Å²) in [5.41, 5.74) is 0.703. The molecule has 0 atom stereocenters. The third-order valence-electron chi connectivity index (χ3n) is 1.62. The van der Waals surface area contributed by atoms with Gasteiger partial charge in [-0.3, -0.25) is 0 Å². The highest BCUT2D eigenvalue weighted by atomic mass is 19.1. The molecule has 0 heterocycles. The summed E-state index contributed by atoms with van der Waals surface area (Å²) in [6, 6.07) is 6.79. The quantitative estimate of drug-likeness (QED) is 0.757. The topological polar surface area (TPSA) is 46.5 Å². The Morgan fingerprint density at radius 3 is 3.00 bits per heavy atom. The van der Waals surface area contributed by atoms with Crippen molar-refractivity contribution in [3.05, 3.63) is 35.9 Å². The molecule has 0 aromatic heterocycles. The SMILES string of the molecule is O=C(O)/C=C/c1cccc(OCCF)c1. The first kappa shape index (κ1) is 11.2. The van der Waals surface area contributed by atoms with Gasteiger partial charge in [-0.1, -0.05) is 12.1 Å². The van der Waals surface area contributed by atoms with E-state index in [1.807, 2.05) is 0 Å². The highest BCUT2D eigenvalue weighted by molar-refractivity contribution is 5.85. The second-order valence-electron chi connectivity index (χ2n) is 2.78. The van der Waals surface area contributed by atoms with Crippen molar-refractivity contribution >= 4 is 12.0 Å². The molecule has 0 radical (unpaired) electrons. The smallest absolute Gasteiger partial charge is 0.328 e. The summed E-state index contributed by atoms with van der Waals surface area (Å²) in [5, 5.41) is 8.42. The Hall–Kier alpha value is -1.84. The van der Waals surface area contributed by atoms with Crippen molar-refractivity contribution in [2.45, 2.75) is 0 Å². The van der Waals surface area contributed by atoms with E-state index >= 15 is 0 Å². The molecule has 0 unspecified atom stereocenters. The Balaban J connectivity index is 2.69. The summed E-state index contributed by atoms with van der Waals surface area (Å²) in [7, 11) is 0. The molecule has 0 amide bonds. The summed E-state index contributed by atoms with van der Waals surface area (Å²) in [5.74, 6) is -0.481. The Morgan fingerprint density at radius 2 is 2.33 bits per heavy atom. The lowest BCUT2D eigenvalue weighted by atomic mass is 10.2. The van der Waals surface area contributed by atoms with Gasteiger partial charge in [0, 0.05) is 6.08 Å². The number of hydrogen-bond donors (Lipinski definition) is 1. The number of rotatable bonds is 5. The number of benzene rings is 1. The van der Waals surface area contributed by atoms with E-state index in [0.29, 0.717) is 11.3 Å². The van der Waals surface area contributed by atoms with E-state index < -0.39 is 12.6 Å². The fraction of sp³-hybridized carbons (Fsp3) is 0.182. The Morgan fingerprint density at radius 1 is 1.53 bits per heavy atom. The first-order valence-electron chi connectivity index (χ1n) is 4.42. The van der Waals surface area contributed by atoms with Crippen molar-refractivity contribution in [2.75, 3.05) is 13.3 Å². The first-order chi connectivity index (χ1) is 7.22. The van der Waals surface area contributed by atoms with Gasteiger partial charge < -0.3 is 9.84 Å². The molecule has 0 aliphatic heterocycles. The number of hydrogen-bond acceptors (Lipinski definition) is 2. The Labute approximate surface area is 86.8 Å². The zero-order chi connectivity index (χ0) is 11.1. The van der Waals surface area contributed by atoms with Crippen LogP contribution in [0.25, 0.3) is 6.08 Å². The zero-order valence-electron chi connectivity index (χ0n) is 8.02. The van der Waals surface area contributed by atoms with Crippen LogP contribution in [0.15, 0.2) is 30.3 Å². The van der Waals surface area contributed by atoms with Gasteiger partial charge in [0.15, 0.2) is 0 Å². The molecule has 3 nitrogen and oxygen atoms in total. The van der Waals surface area contributed by atoms with E-state index in [2.05, 4.69) is 0 Å². The van der Waals surface area contributed by atoms with Crippen LogP contribution in [0.2, 0.25) is 0 Å². The van der Waals surface area contributed by atoms with Gasteiger partial charge in [0.25, 0.3) is 0 Å². The van der Waals surface area contributed by atoms with Crippen molar-refractivity contribution in [2.24, 2.45) is 0 Å². The fourth-order valence-electron chi connectivity index (χ4n) is 1.03. The number of ether oxygens (including phenoxy) is 1. The molecule has 0 spiro atoms. The molecule has 15 heavy (non-hydrogen) atoms. The van der Waals surface area contributed by atoms with Crippen LogP contribution in [0, 0.1) is 0 Å². The molecule has 1 aromatic carbocycles. The zero-order valence-corrected chi connectivity index (χ0v) is 8.02. The van der Waals surface area contributed by atoms with E-state index in [0.717, 1.165) is 6.08 Å². The van der Waals surface area contributed by atoms with Crippen LogP contribution < -0.4 is 4.74 Å². The van der Waals surface area contributed by atoms with E-state index in [1.54, 1.807) is 24.3 Å². The van der Waals surface area contributed by atoms with Crippen molar-refractivity contribution in [1.29, 1.82) is 0 Å². The van der Waals surface area contributed by atoms with Crippen molar-refractivity contribution in [1.82, 2.24) is 0 Å². The number of carboxylic acids is 1. The fourth-order valence-corrected chi connectivity index (χ4v) is 1.03. The highest BCUT2D eigenvalue weighted by Gasteiger charge is 1.95. The molecule has 0 aliphatic carbocycles. The lowest BCUT2D eigenvalue weighted by molar-refractivity contribution is -0.131. The van der Waals surface area contributed by atoms with Gasteiger partial charge >= 0.3 is 5.97 Å². The van der Waals surface area contributed by atoms with Crippen LogP contribution in [0.4, 0.5) is 4.39 Å². The predicted molar refractivity (Wildman–Crippen MR) is 54.6 cm³/mol. The van der Waals surface area contributed by atoms with E-state index in [-0.39, 0.29) is 6.61 Å². The van der Waals surface area contributed by atoms with Crippen molar-refractivity contribution in [3.63, 3.8) is 0 Å². The van der Waals surface area contributed by atoms with Gasteiger partial charge in [0.2, 0.25) is 0 Å². The maximum Gasteiger partial charge on any atom is 0.328 e. The number of alkyl halides is 1. The van der Waals surface area contributed by atoms with Crippen LogP contribution >= 0.6 is 0 Å². The van der Waals surface area contributed by atoms with Crippen LogP contribution in [0.1, 0.15) is 5.56 Å². The summed E-state index contributed by atoms with van der Waals surface area (Å²) in [4.78, 5) is 10.3. The summed E-state index contributed by atoms with van der Waals surface area (Å²) in [6.45, 7) is -0.540.